The van der Waals surface area contributed by atoms with Crippen molar-refractivity contribution < 1.29 is 4.74 Å². The molecule has 1 aromatic rings. The molecule has 1 saturated heterocycles. The highest BCUT2D eigenvalue weighted by Gasteiger charge is 2.22. The molecule has 6 heteroatoms. The van der Waals surface area contributed by atoms with E-state index in [2.05, 4.69) is 34.6 Å². The van der Waals surface area contributed by atoms with Crippen LogP contribution in [0.15, 0.2) is 5.38 Å². The van der Waals surface area contributed by atoms with Crippen LogP contribution in [0.1, 0.15) is 18.5 Å². The van der Waals surface area contributed by atoms with Crippen LogP contribution < -0.4 is 10.2 Å². The number of likely N-dealkylation sites (N-methyl/N-ethyl adjacent to an activating group) is 2. The molecule has 1 atom stereocenters. The van der Waals surface area contributed by atoms with Crippen LogP contribution in [0.25, 0.3) is 0 Å². The molecule has 0 radical (unpaired) electrons. The second-order valence-electron chi connectivity index (χ2n) is 5.46. The van der Waals surface area contributed by atoms with Gasteiger partial charge in [0.2, 0.25) is 0 Å². The fourth-order valence-corrected chi connectivity index (χ4v) is 3.40. The van der Waals surface area contributed by atoms with Gasteiger partial charge in [-0.15, -0.1) is 11.3 Å². The summed E-state index contributed by atoms with van der Waals surface area (Å²) in [5.41, 5.74) is 1.12. The van der Waals surface area contributed by atoms with E-state index in [9.17, 15) is 0 Å². The standard InChI is InChI=1S/C14H26N4OS/c1-17-7-4-5-13(10-17)18(2)14-16-12(11-20-14)9-15-6-8-19-3/h11,13,15H,4-10H2,1-3H3. The predicted octanol–water partition coefficient (Wildman–Crippen LogP) is 1.41. The van der Waals surface area contributed by atoms with Crippen molar-refractivity contribution in [3.8, 4) is 0 Å². The molecule has 5 nitrogen and oxygen atoms in total. The minimum absolute atomic E-state index is 0.592. The van der Waals surface area contributed by atoms with Gasteiger partial charge in [-0.05, 0) is 26.4 Å². The first-order valence-electron chi connectivity index (χ1n) is 7.26. The minimum atomic E-state index is 0.592. The third-order valence-corrected chi connectivity index (χ3v) is 4.76. The zero-order chi connectivity index (χ0) is 14.4. The van der Waals surface area contributed by atoms with E-state index < -0.39 is 0 Å². The Morgan fingerprint density at radius 3 is 3.20 bits per heavy atom. The molecule has 1 N–H and O–H groups in total. The Kier molecular flexibility index (Phi) is 6.22. The van der Waals surface area contributed by atoms with Gasteiger partial charge in [0, 0.05) is 45.2 Å². The van der Waals surface area contributed by atoms with Crippen molar-refractivity contribution in [2.45, 2.75) is 25.4 Å². The van der Waals surface area contributed by atoms with E-state index >= 15 is 0 Å². The number of methoxy groups -OCH3 is 1. The lowest BCUT2D eigenvalue weighted by molar-refractivity contribution is 0.199. The fraction of sp³-hybridized carbons (Fsp3) is 0.786. The van der Waals surface area contributed by atoms with E-state index in [0.29, 0.717) is 6.04 Å². The van der Waals surface area contributed by atoms with Crippen LogP contribution in [-0.4, -0.2) is 63.4 Å². The second kappa shape index (κ2) is 7.93. The van der Waals surface area contributed by atoms with Gasteiger partial charge in [0.15, 0.2) is 5.13 Å². The van der Waals surface area contributed by atoms with Crippen molar-refractivity contribution in [1.29, 1.82) is 0 Å². The lowest BCUT2D eigenvalue weighted by Gasteiger charge is -2.35. The number of hydrogen-bond acceptors (Lipinski definition) is 6. The molecule has 1 aliphatic rings. The summed E-state index contributed by atoms with van der Waals surface area (Å²) < 4.78 is 5.02. The summed E-state index contributed by atoms with van der Waals surface area (Å²) in [6.45, 7) is 4.78. The van der Waals surface area contributed by atoms with Crippen LogP contribution in [0, 0.1) is 0 Å². The second-order valence-corrected chi connectivity index (χ2v) is 6.30. The van der Waals surface area contributed by atoms with Crippen molar-refractivity contribution in [2.24, 2.45) is 0 Å². The average Bonchev–Trinajstić information content (AvgIpc) is 2.91. The van der Waals surface area contributed by atoms with Gasteiger partial charge in [-0.3, -0.25) is 0 Å². The summed E-state index contributed by atoms with van der Waals surface area (Å²) in [5, 5.41) is 6.62. The lowest BCUT2D eigenvalue weighted by atomic mass is 10.1. The predicted molar refractivity (Wildman–Crippen MR) is 84.6 cm³/mol. The number of piperidine rings is 1. The molecule has 0 spiro atoms. The number of rotatable bonds is 7. The first-order chi connectivity index (χ1) is 9.70. The highest BCUT2D eigenvalue weighted by Crippen LogP contribution is 2.24. The molecule has 0 bridgehead atoms. The van der Waals surface area contributed by atoms with E-state index in [1.54, 1.807) is 18.4 Å². The number of thiazole rings is 1. The fourth-order valence-electron chi connectivity index (χ4n) is 2.54. The maximum Gasteiger partial charge on any atom is 0.185 e. The van der Waals surface area contributed by atoms with Crippen LogP contribution in [0.4, 0.5) is 5.13 Å². The molecule has 0 saturated carbocycles. The summed E-state index contributed by atoms with van der Waals surface area (Å²) in [7, 11) is 6.09. The summed E-state index contributed by atoms with van der Waals surface area (Å²) >= 11 is 1.74. The maximum absolute atomic E-state index is 5.02. The highest BCUT2D eigenvalue weighted by molar-refractivity contribution is 7.13. The van der Waals surface area contributed by atoms with Gasteiger partial charge < -0.3 is 19.9 Å². The zero-order valence-corrected chi connectivity index (χ0v) is 13.6. The highest BCUT2D eigenvalue weighted by atomic mass is 32.1. The Balaban J connectivity index is 1.84. The molecule has 2 rings (SSSR count). The number of nitrogens with zero attached hydrogens (tertiary/aromatic N) is 3. The smallest absolute Gasteiger partial charge is 0.185 e. The normalized spacial score (nSPS) is 20.2. The summed E-state index contributed by atoms with van der Waals surface area (Å²) in [5.74, 6) is 0. The quantitative estimate of drug-likeness (QED) is 0.771. The molecule has 0 aromatic carbocycles. The lowest BCUT2D eigenvalue weighted by Crippen LogP contribution is -2.45. The first kappa shape index (κ1) is 15.7. The van der Waals surface area contributed by atoms with Gasteiger partial charge >= 0.3 is 0 Å². The summed E-state index contributed by atoms with van der Waals surface area (Å²) in [4.78, 5) is 9.49. The number of likely N-dealkylation sites (tertiary alicyclic amines) is 1. The van der Waals surface area contributed by atoms with E-state index in [-0.39, 0.29) is 0 Å². The van der Waals surface area contributed by atoms with Gasteiger partial charge in [-0.2, -0.15) is 0 Å². The summed E-state index contributed by atoms with van der Waals surface area (Å²) in [6, 6.07) is 0.592. The Hall–Kier alpha value is -0.690. The number of ether oxygens (including phenoxy) is 1. The number of anilines is 1. The molecule has 20 heavy (non-hydrogen) atoms. The topological polar surface area (TPSA) is 40.6 Å². The SMILES string of the molecule is COCCNCc1csc(N(C)C2CCCN(C)C2)n1. The third-order valence-electron chi connectivity index (χ3n) is 3.78. The van der Waals surface area contributed by atoms with Gasteiger partial charge in [-0.25, -0.2) is 4.98 Å². The van der Waals surface area contributed by atoms with Crippen molar-refractivity contribution in [3.63, 3.8) is 0 Å². The van der Waals surface area contributed by atoms with Crippen LogP contribution >= 0.6 is 11.3 Å². The number of aromatic nitrogens is 1. The van der Waals surface area contributed by atoms with E-state index in [1.807, 2.05) is 0 Å². The van der Waals surface area contributed by atoms with Crippen LogP contribution in [-0.2, 0) is 11.3 Å². The van der Waals surface area contributed by atoms with E-state index in [4.69, 9.17) is 9.72 Å². The zero-order valence-electron chi connectivity index (χ0n) is 12.8. The molecule has 114 valence electrons. The molecule has 1 fully saturated rings. The van der Waals surface area contributed by atoms with Gasteiger partial charge in [-0.1, -0.05) is 0 Å². The van der Waals surface area contributed by atoms with Crippen LogP contribution in [0.3, 0.4) is 0 Å². The Morgan fingerprint density at radius 2 is 2.45 bits per heavy atom. The van der Waals surface area contributed by atoms with E-state index in [1.165, 1.54) is 19.4 Å². The molecular formula is C14H26N4OS. The Morgan fingerprint density at radius 1 is 1.60 bits per heavy atom. The first-order valence-corrected chi connectivity index (χ1v) is 8.14. The largest absolute Gasteiger partial charge is 0.383 e. The van der Waals surface area contributed by atoms with Crippen molar-refractivity contribution in [1.82, 2.24) is 15.2 Å². The third kappa shape index (κ3) is 4.41. The van der Waals surface area contributed by atoms with Crippen molar-refractivity contribution in [3.05, 3.63) is 11.1 Å². The van der Waals surface area contributed by atoms with Crippen LogP contribution in [0.2, 0.25) is 0 Å². The average molecular weight is 298 g/mol. The van der Waals surface area contributed by atoms with Crippen molar-refractivity contribution >= 4 is 16.5 Å². The van der Waals surface area contributed by atoms with Gasteiger partial charge in [0.05, 0.1) is 12.3 Å². The number of hydrogen-bond donors (Lipinski definition) is 1. The molecule has 0 amide bonds. The van der Waals surface area contributed by atoms with E-state index in [0.717, 1.165) is 37.1 Å². The molecule has 1 unspecified atom stereocenters. The Bertz CT molecular complexity index is 398. The van der Waals surface area contributed by atoms with Crippen LogP contribution in [0.5, 0.6) is 0 Å². The minimum Gasteiger partial charge on any atom is -0.383 e. The monoisotopic (exact) mass is 298 g/mol. The van der Waals surface area contributed by atoms with Gasteiger partial charge in [0.1, 0.15) is 0 Å². The number of nitrogens with one attached hydrogen (secondary N) is 1. The molecule has 2 heterocycles. The summed E-state index contributed by atoms with van der Waals surface area (Å²) in [6.07, 6.45) is 2.55. The van der Waals surface area contributed by atoms with Gasteiger partial charge in [0.25, 0.3) is 0 Å². The Labute approximate surface area is 125 Å². The molecule has 0 aliphatic carbocycles. The molecule has 1 aliphatic heterocycles. The van der Waals surface area contributed by atoms with Crippen molar-refractivity contribution in [2.75, 3.05) is 52.3 Å². The molecular weight excluding hydrogens is 272 g/mol. The molecule has 1 aromatic heterocycles. The maximum atomic E-state index is 5.02.